The number of nitro groups is 2. The minimum absolute atomic E-state index is 0.299. The first-order valence-electron chi connectivity index (χ1n) is 9.65. The lowest BCUT2D eigenvalue weighted by Gasteiger charge is -2.11. The van der Waals surface area contributed by atoms with Gasteiger partial charge in [0.05, 0.1) is 15.9 Å². The monoisotopic (exact) mass is 447 g/mol. The summed E-state index contributed by atoms with van der Waals surface area (Å²) in [6, 6.07) is 15.3. The molecule has 0 aliphatic heterocycles. The molecular formula is C22H17N5O6. The van der Waals surface area contributed by atoms with E-state index in [9.17, 15) is 25.0 Å². The topological polar surface area (TPSA) is 145 Å². The van der Waals surface area contributed by atoms with Gasteiger partial charge in [-0.15, -0.1) is 0 Å². The van der Waals surface area contributed by atoms with Gasteiger partial charge in [-0.05, 0) is 48.5 Å². The Labute approximate surface area is 186 Å². The number of amides is 1. The van der Waals surface area contributed by atoms with Gasteiger partial charge in [0.2, 0.25) is 5.89 Å². The van der Waals surface area contributed by atoms with Crippen molar-refractivity contribution in [1.29, 1.82) is 0 Å². The number of oxazole rings is 1. The average molecular weight is 447 g/mol. The third kappa shape index (κ3) is 4.32. The molecule has 1 N–H and O–H groups in total. The fourth-order valence-corrected chi connectivity index (χ4v) is 3.21. The number of fused-ring (bicyclic) bond motifs is 1. The lowest BCUT2D eigenvalue weighted by atomic mass is 10.1. The highest BCUT2D eigenvalue weighted by molar-refractivity contribution is 6.07. The number of benzene rings is 3. The van der Waals surface area contributed by atoms with Crippen molar-refractivity contribution in [2.45, 2.75) is 0 Å². The van der Waals surface area contributed by atoms with Gasteiger partial charge in [0.25, 0.3) is 17.3 Å². The zero-order chi connectivity index (χ0) is 23.7. The molecule has 0 aliphatic carbocycles. The maximum absolute atomic E-state index is 12.6. The standard InChI is InChI=1S/C22H17N5O6/c1-25(2)15-6-3-13(4-7-15)22-24-18-11-14(5-10-20(18)33-22)23-21(28)17-9-8-16(26(29)30)12-19(17)27(31)32/h3-12H,1-2H3,(H,23,28). The van der Waals surface area contributed by atoms with Crippen molar-refractivity contribution in [1.82, 2.24) is 4.98 Å². The number of hydrogen-bond donors (Lipinski definition) is 1. The van der Waals surface area contributed by atoms with Gasteiger partial charge in [-0.1, -0.05) is 0 Å². The molecule has 4 aromatic rings. The first kappa shape index (κ1) is 21.4. The van der Waals surface area contributed by atoms with Gasteiger partial charge in [0.1, 0.15) is 11.1 Å². The predicted octanol–water partition coefficient (Wildman–Crippen LogP) is 4.63. The van der Waals surface area contributed by atoms with E-state index in [4.69, 9.17) is 4.42 Å². The summed E-state index contributed by atoms with van der Waals surface area (Å²) < 4.78 is 5.79. The minimum Gasteiger partial charge on any atom is -0.436 e. The number of anilines is 2. The summed E-state index contributed by atoms with van der Waals surface area (Å²) in [4.78, 5) is 39.7. The summed E-state index contributed by atoms with van der Waals surface area (Å²) in [6.45, 7) is 0. The van der Waals surface area contributed by atoms with Crippen molar-refractivity contribution in [3.05, 3.63) is 86.5 Å². The minimum atomic E-state index is -0.837. The van der Waals surface area contributed by atoms with E-state index in [0.717, 1.165) is 29.4 Å². The molecule has 4 rings (SSSR count). The molecule has 1 amide bonds. The van der Waals surface area contributed by atoms with Gasteiger partial charge in [-0.2, -0.15) is 0 Å². The molecule has 3 aromatic carbocycles. The van der Waals surface area contributed by atoms with Crippen LogP contribution in [0.3, 0.4) is 0 Å². The Balaban J connectivity index is 1.60. The van der Waals surface area contributed by atoms with Gasteiger partial charge in [-0.3, -0.25) is 25.0 Å². The fourth-order valence-electron chi connectivity index (χ4n) is 3.21. The second kappa shape index (κ2) is 8.38. The van der Waals surface area contributed by atoms with Gasteiger partial charge >= 0.3 is 0 Å². The van der Waals surface area contributed by atoms with E-state index in [-0.39, 0.29) is 5.56 Å². The lowest BCUT2D eigenvalue weighted by Crippen LogP contribution is -2.14. The maximum atomic E-state index is 12.6. The summed E-state index contributed by atoms with van der Waals surface area (Å²) >= 11 is 0. The van der Waals surface area contributed by atoms with E-state index in [1.54, 1.807) is 18.2 Å². The third-order valence-corrected chi connectivity index (χ3v) is 4.91. The number of hydrogen-bond acceptors (Lipinski definition) is 8. The number of non-ortho nitro benzene ring substituents is 1. The normalized spacial score (nSPS) is 10.7. The molecule has 0 saturated carbocycles. The predicted molar refractivity (Wildman–Crippen MR) is 121 cm³/mol. The van der Waals surface area contributed by atoms with Crippen LogP contribution < -0.4 is 10.2 Å². The van der Waals surface area contributed by atoms with Crippen LogP contribution in [0.1, 0.15) is 10.4 Å². The van der Waals surface area contributed by atoms with E-state index < -0.39 is 27.1 Å². The van der Waals surface area contributed by atoms with Gasteiger partial charge in [0.15, 0.2) is 5.58 Å². The van der Waals surface area contributed by atoms with Crippen LogP contribution in [0, 0.1) is 20.2 Å². The van der Waals surface area contributed by atoms with Crippen LogP contribution in [0.5, 0.6) is 0 Å². The molecule has 33 heavy (non-hydrogen) atoms. The summed E-state index contributed by atoms with van der Waals surface area (Å²) in [5.74, 6) is -0.372. The highest BCUT2D eigenvalue weighted by Crippen LogP contribution is 2.29. The zero-order valence-corrected chi connectivity index (χ0v) is 17.5. The van der Waals surface area contributed by atoms with E-state index in [2.05, 4.69) is 10.3 Å². The smallest absolute Gasteiger partial charge is 0.289 e. The van der Waals surface area contributed by atoms with E-state index >= 15 is 0 Å². The third-order valence-electron chi connectivity index (χ3n) is 4.91. The highest BCUT2D eigenvalue weighted by Gasteiger charge is 2.24. The number of nitrogens with zero attached hydrogens (tertiary/aromatic N) is 4. The summed E-state index contributed by atoms with van der Waals surface area (Å²) in [7, 11) is 3.88. The van der Waals surface area contributed by atoms with Crippen molar-refractivity contribution in [2.75, 3.05) is 24.3 Å². The van der Waals surface area contributed by atoms with Crippen LogP contribution in [0.15, 0.2) is 65.1 Å². The number of aromatic nitrogens is 1. The molecule has 0 atom stereocenters. The highest BCUT2D eigenvalue weighted by atomic mass is 16.6. The molecule has 11 heteroatoms. The van der Waals surface area contributed by atoms with Gasteiger partial charge < -0.3 is 14.6 Å². The van der Waals surface area contributed by atoms with Crippen molar-refractivity contribution in [2.24, 2.45) is 0 Å². The number of nitro benzene ring substituents is 2. The fraction of sp³-hybridized carbons (Fsp3) is 0.0909. The molecule has 0 aliphatic rings. The molecule has 0 fully saturated rings. The molecule has 0 saturated heterocycles. The maximum Gasteiger partial charge on any atom is 0.289 e. The molecule has 0 bridgehead atoms. The zero-order valence-electron chi connectivity index (χ0n) is 17.5. The Kier molecular flexibility index (Phi) is 5.44. The summed E-state index contributed by atoms with van der Waals surface area (Å²) in [6.07, 6.45) is 0. The SMILES string of the molecule is CN(C)c1ccc(-c2nc3cc(NC(=O)c4ccc([N+](=O)[O-])cc4[N+](=O)[O-])ccc3o2)cc1. The lowest BCUT2D eigenvalue weighted by molar-refractivity contribution is -0.394. The number of nitrogens with one attached hydrogen (secondary N) is 1. The van der Waals surface area contributed by atoms with Crippen LogP contribution in [0.25, 0.3) is 22.6 Å². The summed E-state index contributed by atoms with van der Waals surface area (Å²) in [5, 5.41) is 24.8. The Morgan fingerprint density at radius 1 is 0.970 bits per heavy atom. The second-order valence-electron chi connectivity index (χ2n) is 7.31. The van der Waals surface area contributed by atoms with Crippen molar-refractivity contribution < 1.29 is 19.1 Å². The number of carbonyl (C=O) groups is 1. The largest absolute Gasteiger partial charge is 0.436 e. The molecular weight excluding hydrogens is 430 g/mol. The number of rotatable bonds is 6. The Morgan fingerprint density at radius 2 is 1.70 bits per heavy atom. The summed E-state index contributed by atoms with van der Waals surface area (Å²) in [5.41, 5.74) is 1.69. The molecule has 11 nitrogen and oxygen atoms in total. The number of carbonyl (C=O) groups excluding carboxylic acids is 1. The van der Waals surface area contributed by atoms with E-state index in [1.165, 1.54) is 0 Å². The second-order valence-corrected chi connectivity index (χ2v) is 7.31. The molecule has 166 valence electrons. The van der Waals surface area contributed by atoms with Crippen LogP contribution in [0.4, 0.5) is 22.7 Å². The van der Waals surface area contributed by atoms with Gasteiger partial charge in [0, 0.05) is 37.1 Å². The Hall–Kier alpha value is -4.80. The Morgan fingerprint density at radius 3 is 2.33 bits per heavy atom. The molecule has 1 aromatic heterocycles. The molecule has 1 heterocycles. The van der Waals surface area contributed by atoms with Crippen LogP contribution in [-0.4, -0.2) is 34.8 Å². The first-order valence-corrected chi connectivity index (χ1v) is 9.65. The van der Waals surface area contributed by atoms with Crippen molar-refractivity contribution in [3.63, 3.8) is 0 Å². The van der Waals surface area contributed by atoms with E-state index in [0.29, 0.717) is 22.7 Å². The van der Waals surface area contributed by atoms with Gasteiger partial charge in [-0.25, -0.2) is 4.98 Å². The van der Waals surface area contributed by atoms with Crippen molar-refractivity contribution >= 4 is 39.8 Å². The quantitative estimate of drug-likeness (QED) is 0.333. The molecule has 0 spiro atoms. The molecule has 0 radical (unpaired) electrons. The first-order chi connectivity index (χ1) is 15.7. The average Bonchev–Trinajstić information content (AvgIpc) is 3.22. The Bertz CT molecular complexity index is 1390. The van der Waals surface area contributed by atoms with E-state index in [1.807, 2.05) is 43.3 Å². The molecule has 0 unspecified atom stereocenters. The van der Waals surface area contributed by atoms with Crippen molar-refractivity contribution in [3.8, 4) is 11.5 Å². The van der Waals surface area contributed by atoms with Crippen LogP contribution in [0.2, 0.25) is 0 Å². The van der Waals surface area contributed by atoms with Crippen LogP contribution in [-0.2, 0) is 0 Å². The van der Waals surface area contributed by atoms with Crippen LogP contribution >= 0.6 is 0 Å².